The van der Waals surface area contributed by atoms with Gasteiger partial charge in [0.1, 0.15) is 17.9 Å². The predicted molar refractivity (Wildman–Crippen MR) is 259 cm³/mol. The molecule has 0 radical (unpaired) electrons. The number of carbonyl (C=O) groups excluding carboxylic acids is 3. The molecule has 3 aromatic heterocycles. The highest BCUT2D eigenvalue weighted by Crippen LogP contribution is 2.55. The van der Waals surface area contributed by atoms with E-state index in [1.54, 1.807) is 78.7 Å². The SMILES string of the molecule is CC(=O)N1CCc2c(c(Nc3ccc(-c4cnn(C)c4)c(C(F)F)c3)nn2C2CCN(C(=O)CN3CCN(c4ncc(C(=O)NC5C(C)(C)C(Oc6ccc(C#N)c(Cl)c6)C5(C)C)cn4)CC3)CC2)C1. The summed E-state index contributed by atoms with van der Waals surface area (Å²) >= 11 is 6.26. The minimum Gasteiger partial charge on any atom is -0.489 e. The van der Waals surface area contributed by atoms with Gasteiger partial charge in [0.15, 0.2) is 5.82 Å². The van der Waals surface area contributed by atoms with Crippen LogP contribution < -0.4 is 20.3 Å². The van der Waals surface area contributed by atoms with E-state index in [1.807, 2.05) is 37.3 Å². The average molecular weight is 979 g/mol. The number of rotatable bonds is 12. The molecule has 3 fully saturated rings. The van der Waals surface area contributed by atoms with E-state index in [1.165, 1.54) is 6.07 Å². The van der Waals surface area contributed by atoms with Gasteiger partial charge in [0.05, 0.1) is 41.5 Å². The van der Waals surface area contributed by atoms with Gasteiger partial charge in [-0.05, 0) is 42.7 Å². The number of likely N-dealkylation sites (tertiary alicyclic amines) is 1. The summed E-state index contributed by atoms with van der Waals surface area (Å²) in [5, 5.41) is 25.2. The minimum absolute atomic E-state index is 0.0215. The number of carbonyl (C=O) groups is 3. The maximum atomic E-state index is 14.4. The van der Waals surface area contributed by atoms with Crippen LogP contribution in [0, 0.1) is 22.2 Å². The van der Waals surface area contributed by atoms with Crippen molar-refractivity contribution in [1.29, 1.82) is 5.26 Å². The molecular weight excluding hydrogens is 920 g/mol. The second kappa shape index (κ2) is 19.3. The number of ether oxygens (including phenoxy) is 1. The largest absolute Gasteiger partial charge is 0.489 e. The third kappa shape index (κ3) is 9.50. The summed E-state index contributed by atoms with van der Waals surface area (Å²) < 4.78 is 38.7. The number of fused-ring (bicyclic) bond motifs is 1. The molecule has 20 heteroatoms. The first-order chi connectivity index (χ1) is 33.4. The van der Waals surface area contributed by atoms with Crippen LogP contribution in [0.4, 0.5) is 26.2 Å². The van der Waals surface area contributed by atoms with Crippen LogP contribution in [0.1, 0.15) is 92.7 Å². The zero-order valence-electron chi connectivity index (χ0n) is 40.3. The fourth-order valence-corrected chi connectivity index (χ4v) is 11.3. The highest BCUT2D eigenvalue weighted by Gasteiger charge is 2.64. The number of piperazine rings is 1. The van der Waals surface area contributed by atoms with E-state index in [-0.39, 0.29) is 41.5 Å². The molecule has 0 spiro atoms. The van der Waals surface area contributed by atoms with E-state index < -0.39 is 17.3 Å². The minimum atomic E-state index is -2.71. The molecule has 17 nitrogen and oxygen atoms in total. The molecule has 3 amide bonds. The molecule has 2 saturated heterocycles. The lowest BCUT2D eigenvalue weighted by Gasteiger charge is -2.63. The maximum absolute atomic E-state index is 14.4. The number of nitriles is 1. The van der Waals surface area contributed by atoms with Crippen molar-refractivity contribution in [3.63, 3.8) is 0 Å². The van der Waals surface area contributed by atoms with Crippen molar-refractivity contribution in [3.05, 3.63) is 94.2 Å². The van der Waals surface area contributed by atoms with Crippen molar-refractivity contribution < 1.29 is 27.9 Å². The first kappa shape index (κ1) is 48.4. The molecule has 6 heterocycles. The Bertz CT molecular complexity index is 2810. The van der Waals surface area contributed by atoms with Crippen LogP contribution in [-0.2, 0) is 29.6 Å². The summed E-state index contributed by atoms with van der Waals surface area (Å²) in [7, 11) is 1.74. The van der Waals surface area contributed by atoms with Crippen LogP contribution in [0.5, 0.6) is 5.75 Å². The number of nitrogens with zero attached hydrogens (tertiary/aromatic N) is 11. The molecule has 1 aliphatic carbocycles. The molecule has 0 atom stereocenters. The lowest BCUT2D eigenvalue weighted by molar-refractivity contribution is -0.164. The number of anilines is 3. The number of hydrogen-bond acceptors (Lipinski definition) is 12. The topological polar surface area (TPSA) is 183 Å². The van der Waals surface area contributed by atoms with Crippen molar-refractivity contribution in [2.24, 2.45) is 17.9 Å². The first-order valence-corrected chi connectivity index (χ1v) is 24.1. The van der Waals surface area contributed by atoms with E-state index >= 15 is 0 Å². The number of hydrogen-bond donors (Lipinski definition) is 2. The zero-order valence-corrected chi connectivity index (χ0v) is 41.0. The number of amides is 3. The molecule has 1 saturated carbocycles. The van der Waals surface area contributed by atoms with Gasteiger partial charge in [-0.25, -0.2) is 18.7 Å². The van der Waals surface area contributed by atoms with Gasteiger partial charge < -0.3 is 30.1 Å². The van der Waals surface area contributed by atoms with Crippen molar-refractivity contribution in [2.45, 2.75) is 85.0 Å². The Morgan fingerprint density at radius 2 is 1.66 bits per heavy atom. The number of halogens is 3. The molecule has 9 rings (SSSR count). The lowest BCUT2D eigenvalue weighted by atomic mass is 9.49. The number of benzene rings is 2. The normalized spacial score (nSPS) is 20.1. The Kier molecular flexibility index (Phi) is 13.3. The summed E-state index contributed by atoms with van der Waals surface area (Å²) in [6.07, 6.45) is 5.43. The van der Waals surface area contributed by atoms with Gasteiger partial charge in [0, 0.05) is 136 Å². The van der Waals surface area contributed by atoms with Gasteiger partial charge in [-0.1, -0.05) is 45.4 Å². The second-order valence-corrected chi connectivity index (χ2v) is 20.4. The summed E-state index contributed by atoms with van der Waals surface area (Å²) in [6, 6.07) is 11.8. The second-order valence-electron chi connectivity index (χ2n) is 20.0. The van der Waals surface area contributed by atoms with Crippen molar-refractivity contribution >= 4 is 46.8 Å². The van der Waals surface area contributed by atoms with Gasteiger partial charge in [0.2, 0.25) is 17.8 Å². The van der Waals surface area contributed by atoms with Gasteiger partial charge in [-0.2, -0.15) is 15.5 Å². The molecule has 368 valence electrons. The predicted octanol–water partition coefficient (Wildman–Crippen LogP) is 6.78. The fraction of sp³-hybridized carbons (Fsp3) is 0.480. The molecular formula is C50H58ClF2N13O4. The number of alkyl halides is 2. The third-order valence-corrected chi connectivity index (χ3v) is 14.9. The number of piperidine rings is 1. The summed E-state index contributed by atoms with van der Waals surface area (Å²) in [5.74, 6) is 1.37. The molecule has 70 heavy (non-hydrogen) atoms. The van der Waals surface area contributed by atoms with E-state index in [0.29, 0.717) is 129 Å². The molecule has 2 N–H and O–H groups in total. The Balaban J connectivity index is 0.766. The monoisotopic (exact) mass is 977 g/mol. The Hall–Kier alpha value is -6.65. The Morgan fingerprint density at radius 3 is 2.29 bits per heavy atom. The van der Waals surface area contributed by atoms with Crippen LogP contribution in [0.3, 0.4) is 0 Å². The van der Waals surface area contributed by atoms with Gasteiger partial charge in [-0.3, -0.25) is 28.6 Å². The third-order valence-electron chi connectivity index (χ3n) is 14.6. The zero-order chi connectivity index (χ0) is 49.6. The summed E-state index contributed by atoms with van der Waals surface area (Å²) in [5.41, 5.74) is 3.12. The van der Waals surface area contributed by atoms with Crippen LogP contribution in [-0.4, -0.2) is 126 Å². The number of aromatic nitrogens is 6. The highest BCUT2D eigenvalue weighted by atomic mass is 35.5. The smallest absolute Gasteiger partial charge is 0.264 e. The summed E-state index contributed by atoms with van der Waals surface area (Å²) in [4.78, 5) is 56.7. The van der Waals surface area contributed by atoms with E-state index in [2.05, 4.69) is 41.6 Å². The van der Waals surface area contributed by atoms with E-state index in [0.717, 1.165) is 11.3 Å². The highest BCUT2D eigenvalue weighted by molar-refractivity contribution is 6.31. The summed E-state index contributed by atoms with van der Waals surface area (Å²) in [6.45, 7) is 14.6. The fourth-order valence-electron chi connectivity index (χ4n) is 11.1. The number of nitrogens with one attached hydrogen (secondary N) is 2. The van der Waals surface area contributed by atoms with Crippen molar-refractivity contribution in [3.8, 4) is 22.9 Å². The van der Waals surface area contributed by atoms with Gasteiger partial charge in [0.25, 0.3) is 12.3 Å². The molecule has 3 aliphatic heterocycles. The van der Waals surface area contributed by atoms with Gasteiger partial charge >= 0.3 is 0 Å². The van der Waals surface area contributed by atoms with Crippen LogP contribution in [0.15, 0.2) is 61.2 Å². The molecule has 0 bridgehead atoms. The maximum Gasteiger partial charge on any atom is 0.264 e. The Morgan fingerprint density at radius 1 is 0.943 bits per heavy atom. The molecule has 2 aromatic carbocycles. The van der Waals surface area contributed by atoms with Gasteiger partial charge in [-0.15, -0.1) is 0 Å². The first-order valence-electron chi connectivity index (χ1n) is 23.7. The van der Waals surface area contributed by atoms with Crippen LogP contribution in [0.2, 0.25) is 5.02 Å². The Labute approximate surface area is 410 Å². The van der Waals surface area contributed by atoms with Crippen molar-refractivity contribution in [1.82, 2.24) is 49.5 Å². The van der Waals surface area contributed by atoms with E-state index in [4.69, 9.17) is 21.4 Å². The van der Waals surface area contributed by atoms with Crippen LogP contribution >= 0.6 is 11.6 Å². The molecule has 5 aromatic rings. The standard InChI is InChI=1S/C50H58ClF2N13O4/c1-30(67)65-16-13-41-39(28-65)44(58-34-8-10-37(38(21-34)43(52)53)33-26-57-61(6)27-33)60-66(41)35-11-14-63(15-12-35)42(68)29-62-17-19-64(20-18-62)48-55-24-32(25-56-48)45(69)59-46-49(2,3)47(50(46,4)5)70-36-9-7-31(23-54)40(51)22-36/h7-10,21-22,24-27,35,43,46-47H,11-20,28-29H2,1-6H3,(H,58,60)(H,59,69). The average Bonchev–Trinajstić information content (AvgIpc) is 3.95. The number of aryl methyl sites for hydroxylation is 1. The molecule has 4 aliphatic rings. The lowest BCUT2D eigenvalue weighted by Crippen LogP contribution is -2.74. The van der Waals surface area contributed by atoms with Crippen LogP contribution in [0.25, 0.3) is 11.1 Å². The molecule has 0 unspecified atom stereocenters. The van der Waals surface area contributed by atoms with Crippen molar-refractivity contribution in [2.75, 3.05) is 62.6 Å². The quantitative estimate of drug-likeness (QED) is 0.134. The van der Waals surface area contributed by atoms with E-state index in [9.17, 15) is 28.4 Å².